The molecular weight excluding hydrogens is 196 g/mol. The van der Waals surface area contributed by atoms with E-state index < -0.39 is 0 Å². The Bertz CT molecular complexity index is 138. The first-order valence-corrected chi connectivity index (χ1v) is 6.47. The molecule has 0 aliphatic carbocycles. The van der Waals surface area contributed by atoms with E-state index in [4.69, 9.17) is 4.74 Å². The van der Waals surface area contributed by atoms with E-state index in [0.717, 1.165) is 26.3 Å². The highest BCUT2D eigenvalue weighted by Crippen LogP contribution is 2.03. The average Bonchev–Trinajstić information content (AvgIpc) is 2.18. The minimum atomic E-state index is 0.919. The van der Waals surface area contributed by atoms with Gasteiger partial charge in [-0.15, -0.1) is 0 Å². The standard InChI is InChI=1S/C10H22N2OS/c1-11(2)5-9-14-10-6-12-3-7-13-8-4-12/h3-10H2,1-2H3. The molecule has 0 amide bonds. The normalized spacial score (nSPS) is 19.1. The number of ether oxygens (including phenoxy) is 1. The summed E-state index contributed by atoms with van der Waals surface area (Å²) >= 11 is 2.05. The smallest absolute Gasteiger partial charge is 0.0594 e. The van der Waals surface area contributed by atoms with Gasteiger partial charge < -0.3 is 9.64 Å². The van der Waals surface area contributed by atoms with Crippen LogP contribution in [0.15, 0.2) is 0 Å². The average molecular weight is 218 g/mol. The maximum absolute atomic E-state index is 5.30. The van der Waals surface area contributed by atoms with Crippen molar-refractivity contribution in [1.82, 2.24) is 9.80 Å². The van der Waals surface area contributed by atoms with Crippen LogP contribution in [0, 0.1) is 0 Å². The van der Waals surface area contributed by atoms with E-state index in [1.807, 2.05) is 0 Å². The van der Waals surface area contributed by atoms with E-state index in [2.05, 4.69) is 35.7 Å². The Labute approximate surface area is 91.8 Å². The van der Waals surface area contributed by atoms with E-state index >= 15 is 0 Å². The molecule has 1 aliphatic heterocycles. The third kappa shape index (κ3) is 5.86. The molecular formula is C10H22N2OS. The van der Waals surface area contributed by atoms with Crippen molar-refractivity contribution < 1.29 is 4.74 Å². The number of thioether (sulfide) groups is 1. The van der Waals surface area contributed by atoms with Crippen LogP contribution in [0.4, 0.5) is 0 Å². The fourth-order valence-corrected chi connectivity index (χ4v) is 2.45. The lowest BCUT2D eigenvalue weighted by Gasteiger charge is -2.26. The van der Waals surface area contributed by atoms with Crippen LogP contribution in [0.5, 0.6) is 0 Å². The summed E-state index contributed by atoms with van der Waals surface area (Å²) in [7, 11) is 4.26. The van der Waals surface area contributed by atoms with Crippen molar-refractivity contribution >= 4 is 11.8 Å². The van der Waals surface area contributed by atoms with Crippen molar-refractivity contribution in [3.63, 3.8) is 0 Å². The third-order valence-corrected chi connectivity index (χ3v) is 3.28. The Kier molecular flexibility index (Phi) is 6.60. The van der Waals surface area contributed by atoms with Crippen molar-refractivity contribution in [1.29, 1.82) is 0 Å². The highest BCUT2D eigenvalue weighted by molar-refractivity contribution is 7.99. The van der Waals surface area contributed by atoms with Crippen LogP contribution in [0.25, 0.3) is 0 Å². The van der Waals surface area contributed by atoms with Gasteiger partial charge in [-0.05, 0) is 14.1 Å². The van der Waals surface area contributed by atoms with Gasteiger partial charge in [-0.1, -0.05) is 0 Å². The summed E-state index contributed by atoms with van der Waals surface area (Å²) in [6.45, 7) is 6.49. The molecule has 0 aromatic heterocycles. The van der Waals surface area contributed by atoms with Gasteiger partial charge in [0.05, 0.1) is 13.2 Å². The van der Waals surface area contributed by atoms with Gasteiger partial charge in [0.15, 0.2) is 0 Å². The molecule has 1 rings (SSSR count). The van der Waals surface area contributed by atoms with Crippen LogP contribution in [0.3, 0.4) is 0 Å². The van der Waals surface area contributed by atoms with E-state index in [0.29, 0.717) is 0 Å². The van der Waals surface area contributed by atoms with Crippen LogP contribution in [0.2, 0.25) is 0 Å². The van der Waals surface area contributed by atoms with E-state index in [-0.39, 0.29) is 0 Å². The van der Waals surface area contributed by atoms with Gasteiger partial charge in [0, 0.05) is 37.7 Å². The molecule has 1 aliphatic rings. The summed E-state index contributed by atoms with van der Waals surface area (Å²) in [6, 6.07) is 0. The monoisotopic (exact) mass is 218 g/mol. The van der Waals surface area contributed by atoms with Crippen molar-refractivity contribution in [2.45, 2.75) is 0 Å². The minimum absolute atomic E-state index is 0.919. The fourth-order valence-electron chi connectivity index (χ4n) is 1.37. The largest absolute Gasteiger partial charge is 0.379 e. The predicted octanol–water partition coefficient (Wildman–Crippen LogP) is 0.613. The zero-order valence-corrected chi connectivity index (χ0v) is 10.2. The summed E-state index contributed by atoms with van der Waals surface area (Å²) in [5, 5.41) is 0. The second kappa shape index (κ2) is 7.51. The minimum Gasteiger partial charge on any atom is -0.379 e. The molecule has 4 heteroatoms. The zero-order chi connectivity index (χ0) is 10.2. The Morgan fingerprint density at radius 1 is 1.21 bits per heavy atom. The lowest BCUT2D eigenvalue weighted by atomic mass is 10.4. The molecule has 1 heterocycles. The van der Waals surface area contributed by atoms with Crippen LogP contribution >= 0.6 is 11.8 Å². The third-order valence-electron chi connectivity index (χ3n) is 2.34. The summed E-state index contributed by atoms with van der Waals surface area (Å²) in [5.74, 6) is 2.51. The van der Waals surface area contributed by atoms with Crippen LogP contribution in [0.1, 0.15) is 0 Å². The van der Waals surface area contributed by atoms with Crippen LogP contribution in [-0.4, -0.2) is 74.8 Å². The van der Waals surface area contributed by atoms with Crippen LogP contribution in [-0.2, 0) is 4.74 Å². The van der Waals surface area contributed by atoms with Crippen molar-refractivity contribution in [3.8, 4) is 0 Å². The molecule has 1 saturated heterocycles. The molecule has 0 saturated carbocycles. The molecule has 0 bridgehead atoms. The molecule has 0 N–H and O–H groups in total. The quantitative estimate of drug-likeness (QED) is 0.607. The molecule has 3 nitrogen and oxygen atoms in total. The summed E-state index contributed by atoms with van der Waals surface area (Å²) < 4.78 is 5.30. The van der Waals surface area contributed by atoms with Crippen molar-refractivity contribution in [2.75, 3.05) is 65.0 Å². The highest BCUT2D eigenvalue weighted by atomic mass is 32.2. The van der Waals surface area contributed by atoms with E-state index in [9.17, 15) is 0 Å². The molecule has 1 fully saturated rings. The Balaban J connectivity index is 1.87. The molecule has 14 heavy (non-hydrogen) atoms. The second-order valence-electron chi connectivity index (χ2n) is 3.87. The number of nitrogens with zero attached hydrogens (tertiary/aromatic N) is 2. The number of rotatable bonds is 6. The second-order valence-corrected chi connectivity index (χ2v) is 5.09. The molecule has 0 aromatic rings. The molecule has 0 radical (unpaired) electrons. The first kappa shape index (κ1) is 12.3. The Hall–Kier alpha value is 0.230. The van der Waals surface area contributed by atoms with Gasteiger partial charge in [0.2, 0.25) is 0 Å². The summed E-state index contributed by atoms with van der Waals surface area (Å²) in [4.78, 5) is 4.73. The topological polar surface area (TPSA) is 15.7 Å². The number of hydrogen-bond donors (Lipinski definition) is 0. The Morgan fingerprint density at radius 2 is 1.93 bits per heavy atom. The van der Waals surface area contributed by atoms with Gasteiger partial charge in [-0.25, -0.2) is 0 Å². The Morgan fingerprint density at radius 3 is 2.57 bits per heavy atom. The van der Waals surface area contributed by atoms with Crippen molar-refractivity contribution in [2.24, 2.45) is 0 Å². The first-order valence-electron chi connectivity index (χ1n) is 5.31. The van der Waals surface area contributed by atoms with E-state index in [1.54, 1.807) is 0 Å². The highest BCUT2D eigenvalue weighted by Gasteiger charge is 2.08. The van der Waals surface area contributed by atoms with Gasteiger partial charge in [-0.2, -0.15) is 11.8 Å². The van der Waals surface area contributed by atoms with Gasteiger partial charge >= 0.3 is 0 Å². The van der Waals surface area contributed by atoms with E-state index in [1.165, 1.54) is 24.6 Å². The number of hydrogen-bond acceptors (Lipinski definition) is 4. The lowest BCUT2D eigenvalue weighted by Crippen LogP contribution is -2.37. The fraction of sp³-hybridized carbons (Fsp3) is 1.00. The molecule has 84 valence electrons. The van der Waals surface area contributed by atoms with Crippen molar-refractivity contribution in [3.05, 3.63) is 0 Å². The van der Waals surface area contributed by atoms with Gasteiger partial charge in [0.1, 0.15) is 0 Å². The molecule has 0 unspecified atom stereocenters. The van der Waals surface area contributed by atoms with Gasteiger partial charge in [-0.3, -0.25) is 4.90 Å². The maximum atomic E-state index is 5.30. The number of morpholine rings is 1. The van der Waals surface area contributed by atoms with Crippen LogP contribution < -0.4 is 0 Å². The first-order chi connectivity index (χ1) is 6.79. The maximum Gasteiger partial charge on any atom is 0.0594 e. The molecule has 0 aromatic carbocycles. The molecule has 0 atom stereocenters. The SMILES string of the molecule is CN(C)CCSCCN1CCOCC1. The summed E-state index contributed by atoms with van der Waals surface area (Å²) in [6.07, 6.45) is 0. The molecule has 0 spiro atoms. The predicted molar refractivity (Wildman–Crippen MR) is 63.1 cm³/mol. The lowest BCUT2D eigenvalue weighted by molar-refractivity contribution is 0.0410. The van der Waals surface area contributed by atoms with Gasteiger partial charge in [0.25, 0.3) is 0 Å². The zero-order valence-electron chi connectivity index (χ0n) is 9.37. The summed E-state index contributed by atoms with van der Waals surface area (Å²) in [5.41, 5.74) is 0.